The molecule has 1 heterocycles. The van der Waals surface area contributed by atoms with E-state index in [9.17, 15) is 0 Å². The largest absolute Gasteiger partial charge is 0.469 e. The van der Waals surface area contributed by atoms with Crippen molar-refractivity contribution < 1.29 is 4.42 Å². The Bertz CT molecular complexity index is 203. The van der Waals surface area contributed by atoms with Crippen molar-refractivity contribution in [2.24, 2.45) is 5.41 Å². The summed E-state index contributed by atoms with van der Waals surface area (Å²) in [6, 6.07) is 3.98. The van der Waals surface area contributed by atoms with Crippen LogP contribution in [0.5, 0.6) is 0 Å². The van der Waals surface area contributed by atoms with Gasteiger partial charge in [-0.2, -0.15) is 0 Å². The second kappa shape index (κ2) is 2.72. The minimum Gasteiger partial charge on any atom is -0.469 e. The maximum absolute atomic E-state index is 5.32. The van der Waals surface area contributed by atoms with Crippen molar-refractivity contribution in [1.29, 1.82) is 0 Å². The van der Waals surface area contributed by atoms with Gasteiger partial charge in [-0.3, -0.25) is 0 Å². The lowest BCUT2D eigenvalue weighted by molar-refractivity contribution is 0.296. The van der Waals surface area contributed by atoms with Crippen LogP contribution in [-0.2, 0) is 0 Å². The van der Waals surface area contributed by atoms with Gasteiger partial charge in [0.2, 0.25) is 0 Å². The van der Waals surface area contributed by atoms with Gasteiger partial charge in [0.25, 0.3) is 0 Å². The van der Waals surface area contributed by atoms with Gasteiger partial charge in [-0.25, -0.2) is 0 Å². The van der Waals surface area contributed by atoms with Crippen molar-refractivity contribution in [1.82, 2.24) is 0 Å². The first-order chi connectivity index (χ1) is 5.02. The van der Waals surface area contributed by atoms with E-state index < -0.39 is 0 Å². The van der Waals surface area contributed by atoms with Crippen LogP contribution in [0.1, 0.15) is 39.4 Å². The molecular formula is C10H16O. The molecule has 0 saturated carbocycles. The molecule has 1 heteroatoms. The number of hydrogen-bond donors (Lipinski definition) is 0. The molecule has 0 aliphatic carbocycles. The van der Waals surface area contributed by atoms with Gasteiger partial charge >= 0.3 is 0 Å². The molecule has 1 aromatic heterocycles. The van der Waals surface area contributed by atoms with E-state index in [1.165, 1.54) is 0 Å². The third kappa shape index (κ3) is 1.86. The second-order valence-electron chi connectivity index (χ2n) is 4.10. The predicted molar refractivity (Wildman–Crippen MR) is 46.6 cm³/mol. The minimum atomic E-state index is 0.290. The Morgan fingerprint density at radius 1 is 1.36 bits per heavy atom. The quantitative estimate of drug-likeness (QED) is 0.601. The first-order valence-corrected chi connectivity index (χ1v) is 4.05. The summed E-state index contributed by atoms with van der Waals surface area (Å²) in [6.45, 7) is 8.86. The van der Waals surface area contributed by atoms with Crippen molar-refractivity contribution in [3.05, 3.63) is 24.2 Å². The summed E-state index contributed by atoms with van der Waals surface area (Å²) >= 11 is 0. The fourth-order valence-corrected chi connectivity index (χ4v) is 0.964. The van der Waals surface area contributed by atoms with E-state index in [0.717, 1.165) is 5.76 Å². The topological polar surface area (TPSA) is 13.1 Å². The normalized spacial score (nSPS) is 14.9. The first-order valence-electron chi connectivity index (χ1n) is 4.05. The Kier molecular flexibility index (Phi) is 2.08. The first kappa shape index (κ1) is 8.38. The van der Waals surface area contributed by atoms with Crippen LogP contribution in [0.4, 0.5) is 0 Å². The predicted octanol–water partition coefficient (Wildman–Crippen LogP) is 3.43. The molecule has 0 aliphatic rings. The third-order valence-corrected chi connectivity index (χ3v) is 2.27. The molecule has 0 unspecified atom stereocenters. The Labute approximate surface area is 68.4 Å². The van der Waals surface area contributed by atoms with Gasteiger partial charge in [0.15, 0.2) is 0 Å². The van der Waals surface area contributed by atoms with E-state index in [-0.39, 0.29) is 5.41 Å². The summed E-state index contributed by atoms with van der Waals surface area (Å²) in [5.41, 5.74) is 0.290. The van der Waals surface area contributed by atoms with E-state index in [4.69, 9.17) is 4.42 Å². The molecule has 0 amide bonds. The summed E-state index contributed by atoms with van der Waals surface area (Å²) in [6.07, 6.45) is 1.73. The van der Waals surface area contributed by atoms with Crippen LogP contribution >= 0.6 is 0 Å². The van der Waals surface area contributed by atoms with E-state index >= 15 is 0 Å². The lowest BCUT2D eigenvalue weighted by atomic mass is 9.81. The highest BCUT2D eigenvalue weighted by atomic mass is 16.3. The SMILES string of the molecule is C[C@@H](c1ccco1)C(C)(C)C. The van der Waals surface area contributed by atoms with E-state index in [0.29, 0.717) is 5.92 Å². The molecule has 0 fully saturated rings. The number of furan rings is 1. The van der Waals surface area contributed by atoms with Gasteiger partial charge < -0.3 is 4.42 Å². The summed E-state index contributed by atoms with van der Waals surface area (Å²) < 4.78 is 5.32. The molecule has 1 atom stereocenters. The highest BCUT2D eigenvalue weighted by molar-refractivity contribution is 5.06. The van der Waals surface area contributed by atoms with Crippen LogP contribution in [0.15, 0.2) is 22.8 Å². The van der Waals surface area contributed by atoms with E-state index in [1.54, 1.807) is 6.26 Å². The number of rotatable bonds is 1. The average Bonchev–Trinajstić information content (AvgIpc) is 2.34. The summed E-state index contributed by atoms with van der Waals surface area (Å²) in [5, 5.41) is 0. The van der Waals surface area contributed by atoms with E-state index in [1.807, 2.05) is 12.1 Å². The van der Waals surface area contributed by atoms with Crippen LogP contribution in [0.25, 0.3) is 0 Å². The molecule has 1 aromatic rings. The Hall–Kier alpha value is -0.720. The Morgan fingerprint density at radius 2 is 2.00 bits per heavy atom. The van der Waals surface area contributed by atoms with Crippen molar-refractivity contribution in [3.63, 3.8) is 0 Å². The highest BCUT2D eigenvalue weighted by Crippen LogP contribution is 2.34. The molecule has 62 valence electrons. The molecule has 0 saturated heterocycles. The molecule has 1 nitrogen and oxygen atoms in total. The second-order valence-corrected chi connectivity index (χ2v) is 4.10. The van der Waals surface area contributed by atoms with Gasteiger partial charge in [-0.1, -0.05) is 27.7 Å². The van der Waals surface area contributed by atoms with Crippen LogP contribution < -0.4 is 0 Å². The fourth-order valence-electron chi connectivity index (χ4n) is 0.964. The molecule has 0 bridgehead atoms. The highest BCUT2D eigenvalue weighted by Gasteiger charge is 2.23. The molecular weight excluding hydrogens is 136 g/mol. The number of hydrogen-bond acceptors (Lipinski definition) is 1. The zero-order valence-electron chi connectivity index (χ0n) is 7.72. The molecule has 0 N–H and O–H groups in total. The lowest BCUT2D eigenvalue weighted by Gasteiger charge is -2.25. The lowest BCUT2D eigenvalue weighted by Crippen LogP contribution is -2.14. The minimum absolute atomic E-state index is 0.290. The van der Waals surface area contributed by atoms with Crippen molar-refractivity contribution >= 4 is 0 Å². The van der Waals surface area contributed by atoms with E-state index in [2.05, 4.69) is 27.7 Å². The Balaban J connectivity index is 2.78. The van der Waals surface area contributed by atoms with Gasteiger partial charge in [0.05, 0.1) is 6.26 Å². The van der Waals surface area contributed by atoms with Gasteiger partial charge in [-0.05, 0) is 17.5 Å². The van der Waals surface area contributed by atoms with Crippen LogP contribution in [0.2, 0.25) is 0 Å². The van der Waals surface area contributed by atoms with Crippen molar-refractivity contribution in [3.8, 4) is 0 Å². The third-order valence-electron chi connectivity index (χ3n) is 2.27. The van der Waals surface area contributed by atoms with Gasteiger partial charge in [0, 0.05) is 5.92 Å². The molecule has 0 aromatic carbocycles. The zero-order valence-corrected chi connectivity index (χ0v) is 7.72. The van der Waals surface area contributed by atoms with Gasteiger partial charge in [0.1, 0.15) is 5.76 Å². The maximum atomic E-state index is 5.32. The summed E-state index contributed by atoms with van der Waals surface area (Å²) in [7, 11) is 0. The summed E-state index contributed by atoms with van der Waals surface area (Å²) in [5.74, 6) is 1.56. The molecule has 0 spiro atoms. The van der Waals surface area contributed by atoms with Crippen LogP contribution in [0, 0.1) is 5.41 Å². The average molecular weight is 152 g/mol. The van der Waals surface area contributed by atoms with Crippen molar-refractivity contribution in [2.75, 3.05) is 0 Å². The van der Waals surface area contributed by atoms with Crippen LogP contribution in [0.3, 0.4) is 0 Å². The maximum Gasteiger partial charge on any atom is 0.107 e. The van der Waals surface area contributed by atoms with Crippen LogP contribution in [-0.4, -0.2) is 0 Å². The van der Waals surface area contributed by atoms with Crippen molar-refractivity contribution in [2.45, 2.75) is 33.6 Å². The Morgan fingerprint density at radius 3 is 2.36 bits per heavy atom. The zero-order chi connectivity index (χ0) is 8.48. The molecule has 11 heavy (non-hydrogen) atoms. The fraction of sp³-hybridized carbons (Fsp3) is 0.600. The smallest absolute Gasteiger partial charge is 0.107 e. The monoisotopic (exact) mass is 152 g/mol. The molecule has 0 radical (unpaired) electrons. The molecule has 0 aliphatic heterocycles. The standard InChI is InChI=1S/C10H16O/c1-8(10(2,3)4)9-6-5-7-11-9/h5-8H,1-4H3/t8-/m0/s1. The summed E-state index contributed by atoms with van der Waals surface area (Å²) in [4.78, 5) is 0. The molecule has 1 rings (SSSR count). The van der Waals surface area contributed by atoms with Gasteiger partial charge in [-0.15, -0.1) is 0 Å².